The highest BCUT2D eigenvalue weighted by atomic mass is 35.5. The second-order valence-corrected chi connectivity index (χ2v) is 6.55. The molecule has 3 N–H and O–H groups in total. The van der Waals surface area contributed by atoms with E-state index in [-0.39, 0.29) is 12.1 Å². The molecule has 0 radical (unpaired) electrons. The quantitative estimate of drug-likeness (QED) is 0.800. The second-order valence-electron chi connectivity index (χ2n) is 6.18. The number of hydrogen-bond acceptors (Lipinski definition) is 6. The second kappa shape index (κ2) is 6.54. The SMILES string of the molecule is N#Cc1cc(N)c(Cl)c(N2CCN(C3(CCO)COC3)CC2)c1. The molecule has 2 aliphatic heterocycles. The van der Waals surface area contributed by atoms with Crippen LogP contribution < -0.4 is 10.6 Å². The molecule has 6 nitrogen and oxygen atoms in total. The number of nitrogens with zero attached hydrogens (tertiary/aromatic N) is 3. The summed E-state index contributed by atoms with van der Waals surface area (Å²) in [6.07, 6.45) is 0.741. The molecule has 1 aromatic rings. The van der Waals surface area contributed by atoms with E-state index in [1.54, 1.807) is 12.1 Å². The number of hydrogen-bond donors (Lipinski definition) is 2. The van der Waals surface area contributed by atoms with Crippen molar-refractivity contribution in [3.8, 4) is 6.07 Å². The summed E-state index contributed by atoms with van der Waals surface area (Å²) in [6, 6.07) is 5.52. The summed E-state index contributed by atoms with van der Waals surface area (Å²) in [5.41, 5.74) is 7.67. The van der Waals surface area contributed by atoms with E-state index >= 15 is 0 Å². The highest BCUT2D eigenvalue weighted by molar-refractivity contribution is 6.35. The molecule has 124 valence electrons. The fraction of sp³-hybridized carbons (Fsp3) is 0.562. The fourth-order valence-electron chi connectivity index (χ4n) is 3.38. The molecule has 2 heterocycles. The molecule has 2 saturated heterocycles. The van der Waals surface area contributed by atoms with Gasteiger partial charge in [-0.05, 0) is 18.6 Å². The highest BCUT2D eigenvalue weighted by Crippen LogP contribution is 2.35. The van der Waals surface area contributed by atoms with Crippen LogP contribution >= 0.6 is 11.6 Å². The summed E-state index contributed by atoms with van der Waals surface area (Å²) in [5, 5.41) is 18.9. The minimum Gasteiger partial charge on any atom is -0.397 e. The number of nitriles is 1. The molecular formula is C16H21ClN4O2. The maximum absolute atomic E-state index is 9.30. The van der Waals surface area contributed by atoms with Gasteiger partial charge in [0.1, 0.15) is 0 Å². The molecule has 1 aromatic carbocycles. The normalized spacial score (nSPS) is 20.8. The zero-order valence-corrected chi connectivity index (χ0v) is 13.7. The van der Waals surface area contributed by atoms with Crippen molar-refractivity contribution in [2.24, 2.45) is 0 Å². The number of aliphatic hydroxyl groups excluding tert-OH is 1. The Morgan fingerprint density at radius 3 is 2.52 bits per heavy atom. The predicted octanol–water partition coefficient (Wildman–Crippen LogP) is 1.07. The number of nitrogens with two attached hydrogens (primary N) is 1. The molecule has 0 amide bonds. The van der Waals surface area contributed by atoms with Crippen LogP contribution in [0.25, 0.3) is 0 Å². The van der Waals surface area contributed by atoms with Gasteiger partial charge in [-0.25, -0.2) is 0 Å². The Bertz CT molecular complexity index is 619. The predicted molar refractivity (Wildman–Crippen MR) is 89.6 cm³/mol. The molecule has 0 aliphatic carbocycles. The van der Waals surface area contributed by atoms with E-state index in [0.29, 0.717) is 29.5 Å². The number of ether oxygens (including phenoxy) is 1. The Kier molecular flexibility index (Phi) is 4.64. The van der Waals surface area contributed by atoms with Gasteiger partial charge in [0, 0.05) is 32.8 Å². The Morgan fingerprint density at radius 2 is 2.00 bits per heavy atom. The van der Waals surface area contributed by atoms with Crippen LogP contribution in [-0.2, 0) is 4.74 Å². The Balaban J connectivity index is 1.72. The van der Waals surface area contributed by atoms with Gasteiger partial charge in [-0.1, -0.05) is 11.6 Å². The Labute approximate surface area is 141 Å². The highest BCUT2D eigenvalue weighted by Gasteiger charge is 2.44. The minimum absolute atomic E-state index is 0.0157. The van der Waals surface area contributed by atoms with Crippen LogP contribution in [0, 0.1) is 11.3 Å². The smallest absolute Gasteiger partial charge is 0.0993 e. The van der Waals surface area contributed by atoms with Crippen molar-refractivity contribution in [3.63, 3.8) is 0 Å². The van der Waals surface area contributed by atoms with Gasteiger partial charge in [0.25, 0.3) is 0 Å². The topological polar surface area (TPSA) is 85.8 Å². The van der Waals surface area contributed by atoms with Gasteiger partial charge in [0.15, 0.2) is 0 Å². The van der Waals surface area contributed by atoms with Crippen LogP contribution in [-0.4, -0.2) is 61.5 Å². The maximum Gasteiger partial charge on any atom is 0.0993 e. The van der Waals surface area contributed by atoms with Gasteiger partial charge in [-0.2, -0.15) is 5.26 Å². The lowest BCUT2D eigenvalue weighted by Crippen LogP contribution is -2.66. The average Bonchev–Trinajstić information content (AvgIpc) is 2.53. The van der Waals surface area contributed by atoms with Crippen LogP contribution in [0.15, 0.2) is 12.1 Å². The summed E-state index contributed by atoms with van der Waals surface area (Å²) in [7, 11) is 0. The van der Waals surface area contributed by atoms with Crippen molar-refractivity contribution >= 4 is 23.0 Å². The Morgan fingerprint density at radius 1 is 1.30 bits per heavy atom. The van der Waals surface area contributed by atoms with Crippen LogP contribution in [0.1, 0.15) is 12.0 Å². The van der Waals surface area contributed by atoms with Crippen molar-refractivity contribution in [1.82, 2.24) is 4.90 Å². The molecule has 0 unspecified atom stereocenters. The van der Waals surface area contributed by atoms with E-state index in [0.717, 1.165) is 38.3 Å². The van der Waals surface area contributed by atoms with E-state index < -0.39 is 0 Å². The summed E-state index contributed by atoms with van der Waals surface area (Å²) in [6.45, 7) is 4.90. The van der Waals surface area contributed by atoms with Crippen molar-refractivity contribution in [2.45, 2.75) is 12.0 Å². The van der Waals surface area contributed by atoms with Gasteiger partial charge in [0.05, 0.1) is 46.8 Å². The summed E-state index contributed by atoms with van der Waals surface area (Å²) in [5.74, 6) is 0. The van der Waals surface area contributed by atoms with Crippen molar-refractivity contribution < 1.29 is 9.84 Å². The molecule has 0 aromatic heterocycles. The number of halogens is 1. The van der Waals surface area contributed by atoms with Crippen molar-refractivity contribution in [1.29, 1.82) is 5.26 Å². The number of rotatable bonds is 4. The van der Waals surface area contributed by atoms with Crippen LogP contribution in [0.4, 0.5) is 11.4 Å². The first-order chi connectivity index (χ1) is 11.1. The average molecular weight is 337 g/mol. The first-order valence-electron chi connectivity index (χ1n) is 7.77. The first-order valence-corrected chi connectivity index (χ1v) is 8.15. The first kappa shape index (κ1) is 16.3. The van der Waals surface area contributed by atoms with Gasteiger partial charge >= 0.3 is 0 Å². The van der Waals surface area contributed by atoms with Crippen molar-refractivity contribution in [3.05, 3.63) is 22.7 Å². The molecule has 7 heteroatoms. The largest absolute Gasteiger partial charge is 0.397 e. The molecule has 23 heavy (non-hydrogen) atoms. The number of aliphatic hydroxyl groups is 1. The molecule has 0 bridgehead atoms. The number of benzene rings is 1. The summed E-state index contributed by atoms with van der Waals surface area (Å²) < 4.78 is 5.38. The van der Waals surface area contributed by atoms with Gasteiger partial charge in [0.2, 0.25) is 0 Å². The number of nitrogen functional groups attached to an aromatic ring is 1. The van der Waals surface area contributed by atoms with E-state index in [2.05, 4.69) is 15.9 Å². The molecule has 0 atom stereocenters. The lowest BCUT2D eigenvalue weighted by Gasteiger charge is -2.52. The molecular weight excluding hydrogens is 316 g/mol. The third kappa shape index (κ3) is 2.98. The van der Waals surface area contributed by atoms with E-state index in [1.165, 1.54) is 0 Å². The number of piperazine rings is 1. The molecule has 3 rings (SSSR count). The summed E-state index contributed by atoms with van der Waals surface area (Å²) >= 11 is 6.33. The molecule has 0 spiro atoms. The zero-order chi connectivity index (χ0) is 16.4. The zero-order valence-electron chi connectivity index (χ0n) is 13.0. The van der Waals surface area contributed by atoms with E-state index in [9.17, 15) is 5.11 Å². The third-order valence-corrected chi connectivity index (χ3v) is 5.23. The van der Waals surface area contributed by atoms with Crippen molar-refractivity contribution in [2.75, 3.05) is 56.6 Å². The minimum atomic E-state index is -0.0157. The maximum atomic E-state index is 9.30. The molecule has 2 fully saturated rings. The standard InChI is InChI=1S/C16H21ClN4O2/c17-15-13(19)7-12(9-18)8-14(15)20-2-4-21(5-3-20)16(1-6-22)10-23-11-16/h7-8,22H,1-6,10-11,19H2. The molecule has 2 aliphatic rings. The lowest BCUT2D eigenvalue weighted by atomic mass is 9.90. The Hall–Kier alpha value is -1.52. The van der Waals surface area contributed by atoms with Crippen LogP contribution in [0.5, 0.6) is 0 Å². The number of anilines is 2. The molecule has 0 saturated carbocycles. The van der Waals surface area contributed by atoms with Crippen LogP contribution in [0.2, 0.25) is 5.02 Å². The van der Waals surface area contributed by atoms with E-state index in [4.69, 9.17) is 27.3 Å². The monoisotopic (exact) mass is 336 g/mol. The lowest BCUT2D eigenvalue weighted by molar-refractivity contribution is -0.150. The third-order valence-electron chi connectivity index (χ3n) is 4.82. The fourth-order valence-corrected chi connectivity index (χ4v) is 3.61. The van der Waals surface area contributed by atoms with E-state index in [1.807, 2.05) is 0 Å². The van der Waals surface area contributed by atoms with Gasteiger partial charge in [-0.3, -0.25) is 4.90 Å². The summed E-state index contributed by atoms with van der Waals surface area (Å²) in [4.78, 5) is 4.57. The van der Waals surface area contributed by atoms with Gasteiger partial charge < -0.3 is 20.5 Å². The van der Waals surface area contributed by atoms with Gasteiger partial charge in [-0.15, -0.1) is 0 Å². The van der Waals surface area contributed by atoms with Crippen LogP contribution in [0.3, 0.4) is 0 Å².